The molecule has 0 saturated heterocycles. The molecule has 5 heteroatoms. The number of amides is 1. The first-order valence-electron chi connectivity index (χ1n) is 8.20. The molecule has 0 saturated carbocycles. The van der Waals surface area contributed by atoms with Crippen LogP contribution in [0.15, 0.2) is 65.7 Å². The van der Waals surface area contributed by atoms with Crippen molar-refractivity contribution in [3.63, 3.8) is 0 Å². The predicted molar refractivity (Wildman–Crippen MR) is 105 cm³/mol. The van der Waals surface area contributed by atoms with E-state index < -0.39 is 5.91 Å². The molecule has 0 bridgehead atoms. The van der Waals surface area contributed by atoms with Gasteiger partial charge in [-0.3, -0.25) is 9.78 Å². The number of aryl methyl sites for hydroxylation is 1. The van der Waals surface area contributed by atoms with Gasteiger partial charge in [-0.2, -0.15) is 0 Å². The molecule has 0 unspecified atom stereocenters. The number of para-hydroxylation sites is 1. The van der Waals surface area contributed by atoms with Crippen LogP contribution in [0.4, 0.5) is 0 Å². The molecule has 3 rings (SSSR count). The highest BCUT2D eigenvalue weighted by molar-refractivity contribution is 7.98. The van der Waals surface area contributed by atoms with E-state index in [9.17, 15) is 4.79 Å². The lowest BCUT2D eigenvalue weighted by Crippen LogP contribution is -2.12. The molecule has 1 heterocycles. The summed E-state index contributed by atoms with van der Waals surface area (Å²) < 4.78 is 5.97. The van der Waals surface area contributed by atoms with Crippen molar-refractivity contribution in [1.82, 2.24) is 4.98 Å². The number of hydrogen-bond donors (Lipinski definition) is 1. The molecule has 26 heavy (non-hydrogen) atoms. The summed E-state index contributed by atoms with van der Waals surface area (Å²) in [7, 11) is 0. The van der Waals surface area contributed by atoms with Crippen LogP contribution in [0.5, 0.6) is 5.75 Å². The van der Waals surface area contributed by atoms with E-state index in [1.165, 1.54) is 0 Å². The van der Waals surface area contributed by atoms with Crippen LogP contribution in [-0.2, 0) is 6.61 Å². The summed E-state index contributed by atoms with van der Waals surface area (Å²) in [5.41, 5.74) is 9.55. The number of hydrogen-bond acceptors (Lipinski definition) is 4. The Bertz CT molecular complexity index is 941. The molecule has 0 aliphatic carbocycles. The van der Waals surface area contributed by atoms with Crippen LogP contribution >= 0.6 is 11.8 Å². The Balaban J connectivity index is 1.80. The molecule has 2 N–H and O–H groups in total. The Morgan fingerprint density at radius 1 is 1.15 bits per heavy atom. The van der Waals surface area contributed by atoms with Gasteiger partial charge in [-0.1, -0.05) is 18.2 Å². The van der Waals surface area contributed by atoms with Crippen LogP contribution in [0.2, 0.25) is 0 Å². The number of thioether (sulfide) groups is 1. The number of primary amides is 1. The molecule has 0 atom stereocenters. The molecule has 4 nitrogen and oxygen atoms in total. The van der Waals surface area contributed by atoms with Crippen molar-refractivity contribution >= 4 is 17.7 Å². The fourth-order valence-electron chi connectivity index (χ4n) is 2.72. The van der Waals surface area contributed by atoms with Crippen LogP contribution in [0.25, 0.3) is 11.3 Å². The topological polar surface area (TPSA) is 65.2 Å². The van der Waals surface area contributed by atoms with Gasteiger partial charge in [0.05, 0.1) is 5.69 Å². The average molecular weight is 364 g/mol. The van der Waals surface area contributed by atoms with Crippen LogP contribution in [-0.4, -0.2) is 17.1 Å². The summed E-state index contributed by atoms with van der Waals surface area (Å²) in [6.07, 6.45) is 3.80. The standard InChI is InChI=1S/C21H20N2O2S/c1-14-11-16(7-8-17(14)21(22)24)18-12-15(9-10-23-18)13-25-19-5-3-4-6-20(19)26-2/h3-12H,13H2,1-2H3,(H2,22,24). The third-order valence-electron chi connectivity index (χ3n) is 4.08. The van der Waals surface area contributed by atoms with Gasteiger partial charge in [0.15, 0.2) is 0 Å². The lowest BCUT2D eigenvalue weighted by molar-refractivity contribution is 0.0999. The molecular formula is C21H20N2O2S. The summed E-state index contributed by atoms with van der Waals surface area (Å²) in [5, 5.41) is 0. The van der Waals surface area contributed by atoms with E-state index in [2.05, 4.69) is 4.98 Å². The van der Waals surface area contributed by atoms with Crippen molar-refractivity contribution < 1.29 is 9.53 Å². The summed E-state index contributed by atoms with van der Waals surface area (Å²) in [6, 6.07) is 17.5. The third kappa shape index (κ3) is 4.06. The summed E-state index contributed by atoms with van der Waals surface area (Å²) in [6.45, 7) is 2.33. The number of ether oxygens (including phenoxy) is 1. The zero-order valence-electron chi connectivity index (χ0n) is 14.7. The smallest absolute Gasteiger partial charge is 0.248 e. The predicted octanol–water partition coefficient (Wildman–Crippen LogP) is 4.46. The van der Waals surface area contributed by atoms with Crippen molar-refractivity contribution in [3.8, 4) is 17.0 Å². The van der Waals surface area contributed by atoms with Gasteiger partial charge in [-0.15, -0.1) is 11.8 Å². The minimum Gasteiger partial charge on any atom is -0.488 e. The van der Waals surface area contributed by atoms with Crippen molar-refractivity contribution in [2.45, 2.75) is 18.4 Å². The summed E-state index contributed by atoms with van der Waals surface area (Å²) in [5.74, 6) is 0.455. The highest BCUT2D eigenvalue weighted by Gasteiger charge is 2.08. The van der Waals surface area contributed by atoms with Crippen molar-refractivity contribution in [1.29, 1.82) is 0 Å². The van der Waals surface area contributed by atoms with Gasteiger partial charge in [0.1, 0.15) is 12.4 Å². The normalized spacial score (nSPS) is 10.5. The van der Waals surface area contributed by atoms with E-state index in [0.29, 0.717) is 12.2 Å². The quantitative estimate of drug-likeness (QED) is 0.656. The van der Waals surface area contributed by atoms with Gasteiger partial charge in [0.2, 0.25) is 5.91 Å². The second kappa shape index (κ2) is 8.06. The molecule has 2 aromatic carbocycles. The molecule has 1 aromatic heterocycles. The number of rotatable bonds is 6. The van der Waals surface area contributed by atoms with Gasteiger partial charge < -0.3 is 10.5 Å². The van der Waals surface area contributed by atoms with Crippen LogP contribution < -0.4 is 10.5 Å². The zero-order valence-corrected chi connectivity index (χ0v) is 15.5. The monoisotopic (exact) mass is 364 g/mol. The molecule has 1 amide bonds. The molecule has 0 spiro atoms. The minimum absolute atomic E-state index is 0.420. The Morgan fingerprint density at radius 3 is 2.69 bits per heavy atom. The van der Waals surface area contributed by atoms with Gasteiger partial charge >= 0.3 is 0 Å². The highest BCUT2D eigenvalue weighted by atomic mass is 32.2. The highest BCUT2D eigenvalue weighted by Crippen LogP contribution is 2.28. The Morgan fingerprint density at radius 2 is 1.96 bits per heavy atom. The van der Waals surface area contributed by atoms with Crippen molar-refractivity contribution in [2.75, 3.05) is 6.26 Å². The SMILES string of the molecule is CSc1ccccc1OCc1ccnc(-c2ccc(C(N)=O)c(C)c2)c1. The second-order valence-corrected chi connectivity index (χ2v) is 6.73. The fraction of sp³-hybridized carbons (Fsp3) is 0.143. The molecular weight excluding hydrogens is 344 g/mol. The molecule has 3 aromatic rings. The van der Waals surface area contributed by atoms with Crippen molar-refractivity contribution in [3.05, 3.63) is 77.5 Å². The number of benzene rings is 2. The fourth-order valence-corrected chi connectivity index (χ4v) is 3.26. The number of carbonyl (C=O) groups excluding carboxylic acids is 1. The maximum Gasteiger partial charge on any atom is 0.248 e. The number of pyridine rings is 1. The van der Waals surface area contributed by atoms with E-state index in [1.807, 2.05) is 61.7 Å². The lowest BCUT2D eigenvalue weighted by Gasteiger charge is -2.11. The Kier molecular flexibility index (Phi) is 5.58. The number of carbonyl (C=O) groups is 1. The van der Waals surface area contributed by atoms with Gasteiger partial charge in [0, 0.05) is 22.2 Å². The molecule has 0 aliphatic heterocycles. The van der Waals surface area contributed by atoms with E-state index in [0.717, 1.165) is 33.0 Å². The minimum atomic E-state index is -0.420. The van der Waals surface area contributed by atoms with Crippen LogP contribution in [0, 0.1) is 6.92 Å². The third-order valence-corrected chi connectivity index (χ3v) is 4.85. The lowest BCUT2D eigenvalue weighted by atomic mass is 10.0. The van der Waals surface area contributed by atoms with Crippen LogP contribution in [0.3, 0.4) is 0 Å². The first-order valence-corrected chi connectivity index (χ1v) is 9.42. The first kappa shape index (κ1) is 18.0. The Hall–Kier alpha value is -2.79. The molecule has 0 radical (unpaired) electrons. The number of nitrogens with two attached hydrogens (primary N) is 1. The molecule has 0 aliphatic rings. The van der Waals surface area contributed by atoms with E-state index >= 15 is 0 Å². The number of nitrogens with zero attached hydrogens (tertiary/aromatic N) is 1. The molecule has 0 fully saturated rings. The first-order chi connectivity index (χ1) is 12.6. The number of aromatic nitrogens is 1. The summed E-state index contributed by atoms with van der Waals surface area (Å²) in [4.78, 5) is 16.9. The van der Waals surface area contributed by atoms with E-state index in [4.69, 9.17) is 10.5 Å². The van der Waals surface area contributed by atoms with Crippen LogP contribution in [0.1, 0.15) is 21.5 Å². The average Bonchev–Trinajstić information content (AvgIpc) is 2.66. The van der Waals surface area contributed by atoms with Gasteiger partial charge in [-0.05, 0) is 60.7 Å². The second-order valence-electron chi connectivity index (χ2n) is 5.88. The zero-order chi connectivity index (χ0) is 18.5. The molecule has 132 valence electrons. The van der Waals surface area contributed by atoms with Gasteiger partial charge in [0.25, 0.3) is 0 Å². The van der Waals surface area contributed by atoms with Gasteiger partial charge in [-0.25, -0.2) is 0 Å². The largest absolute Gasteiger partial charge is 0.488 e. The summed E-state index contributed by atoms with van der Waals surface area (Å²) >= 11 is 1.66. The van der Waals surface area contributed by atoms with E-state index in [1.54, 1.807) is 24.0 Å². The maximum absolute atomic E-state index is 11.4. The maximum atomic E-state index is 11.4. The van der Waals surface area contributed by atoms with Crippen molar-refractivity contribution in [2.24, 2.45) is 5.73 Å². The Labute approximate surface area is 157 Å². The van der Waals surface area contributed by atoms with E-state index in [-0.39, 0.29) is 0 Å².